The van der Waals surface area contributed by atoms with Gasteiger partial charge < -0.3 is 10.1 Å². The van der Waals surface area contributed by atoms with E-state index in [1.807, 2.05) is 27.0 Å². The molecule has 0 aliphatic carbocycles. The maximum atomic E-state index is 5.71. The van der Waals surface area contributed by atoms with Gasteiger partial charge in [-0.2, -0.15) is 4.98 Å². The van der Waals surface area contributed by atoms with E-state index in [0.717, 1.165) is 5.82 Å². The van der Waals surface area contributed by atoms with E-state index in [-0.39, 0.29) is 6.10 Å². The second-order valence-electron chi connectivity index (χ2n) is 3.96. The number of aryl methyl sites for hydroxylation is 1. The number of aromatic nitrogens is 2. The summed E-state index contributed by atoms with van der Waals surface area (Å²) in [6, 6.07) is 1.81. The van der Waals surface area contributed by atoms with Crippen molar-refractivity contribution in [2.45, 2.75) is 33.8 Å². The molecule has 0 bridgehead atoms. The first-order valence-corrected chi connectivity index (χ1v) is 5.23. The Bertz CT molecular complexity index is 326. The standard InChI is InChI=1S/C11H19N3O/c1-7(2)8(3)15-11-6-10(12-5)13-9(4)14-11/h6-8H,1-5H3,(H,12,13,14). The molecule has 0 saturated carbocycles. The molecule has 1 N–H and O–H groups in total. The molecule has 1 aromatic heterocycles. The molecule has 15 heavy (non-hydrogen) atoms. The number of ether oxygens (including phenoxy) is 1. The van der Waals surface area contributed by atoms with Gasteiger partial charge in [0.2, 0.25) is 5.88 Å². The zero-order valence-electron chi connectivity index (χ0n) is 10.0. The molecule has 0 aromatic carbocycles. The summed E-state index contributed by atoms with van der Waals surface area (Å²) in [4.78, 5) is 8.43. The van der Waals surface area contributed by atoms with Crippen molar-refractivity contribution in [2.24, 2.45) is 5.92 Å². The van der Waals surface area contributed by atoms with Gasteiger partial charge in [0.15, 0.2) is 0 Å². The maximum Gasteiger partial charge on any atom is 0.218 e. The highest BCUT2D eigenvalue weighted by Gasteiger charge is 2.10. The minimum atomic E-state index is 0.156. The predicted octanol–water partition coefficient (Wildman–Crippen LogP) is 2.25. The van der Waals surface area contributed by atoms with E-state index in [9.17, 15) is 0 Å². The van der Waals surface area contributed by atoms with Crippen LogP contribution in [-0.2, 0) is 0 Å². The molecule has 4 nitrogen and oxygen atoms in total. The minimum Gasteiger partial charge on any atom is -0.474 e. The van der Waals surface area contributed by atoms with Gasteiger partial charge in [0.25, 0.3) is 0 Å². The second kappa shape index (κ2) is 4.96. The lowest BCUT2D eigenvalue weighted by molar-refractivity contribution is 0.163. The van der Waals surface area contributed by atoms with Crippen LogP contribution in [0.25, 0.3) is 0 Å². The molecule has 0 spiro atoms. The molecule has 1 aromatic rings. The van der Waals surface area contributed by atoms with Crippen molar-refractivity contribution in [2.75, 3.05) is 12.4 Å². The number of hydrogen-bond donors (Lipinski definition) is 1. The molecule has 0 aliphatic heterocycles. The Morgan fingerprint density at radius 2 is 1.93 bits per heavy atom. The third kappa shape index (κ3) is 3.38. The quantitative estimate of drug-likeness (QED) is 0.826. The highest BCUT2D eigenvalue weighted by Crippen LogP contribution is 2.16. The molecule has 1 unspecified atom stereocenters. The molecule has 0 radical (unpaired) electrons. The van der Waals surface area contributed by atoms with Crippen LogP contribution in [0.4, 0.5) is 5.82 Å². The third-order valence-corrected chi connectivity index (χ3v) is 2.32. The summed E-state index contributed by atoms with van der Waals surface area (Å²) in [5, 5.41) is 2.98. The van der Waals surface area contributed by atoms with Gasteiger partial charge in [0, 0.05) is 13.1 Å². The lowest BCUT2D eigenvalue weighted by Crippen LogP contribution is -2.19. The predicted molar refractivity (Wildman–Crippen MR) is 61.2 cm³/mol. The van der Waals surface area contributed by atoms with Crippen LogP contribution >= 0.6 is 0 Å². The number of nitrogens with zero attached hydrogens (tertiary/aromatic N) is 2. The van der Waals surface area contributed by atoms with Crippen molar-refractivity contribution in [1.29, 1.82) is 0 Å². The monoisotopic (exact) mass is 209 g/mol. The van der Waals surface area contributed by atoms with Crippen LogP contribution in [0.5, 0.6) is 5.88 Å². The lowest BCUT2D eigenvalue weighted by Gasteiger charge is -2.17. The highest BCUT2D eigenvalue weighted by molar-refractivity contribution is 5.37. The Hall–Kier alpha value is -1.32. The van der Waals surface area contributed by atoms with Gasteiger partial charge in [-0.1, -0.05) is 13.8 Å². The topological polar surface area (TPSA) is 47.0 Å². The van der Waals surface area contributed by atoms with Gasteiger partial charge in [0.05, 0.1) is 6.10 Å². The summed E-state index contributed by atoms with van der Waals surface area (Å²) >= 11 is 0. The molecule has 0 fully saturated rings. The van der Waals surface area contributed by atoms with Gasteiger partial charge in [-0.25, -0.2) is 4.98 Å². The van der Waals surface area contributed by atoms with Crippen LogP contribution in [-0.4, -0.2) is 23.1 Å². The molecule has 84 valence electrons. The zero-order valence-corrected chi connectivity index (χ0v) is 10.0. The molecule has 4 heteroatoms. The van der Waals surface area contributed by atoms with Crippen LogP contribution in [0, 0.1) is 12.8 Å². The summed E-state index contributed by atoms with van der Waals surface area (Å²) in [7, 11) is 1.83. The summed E-state index contributed by atoms with van der Waals surface area (Å²) in [6.45, 7) is 8.14. The first-order chi connectivity index (χ1) is 7.02. The molecule has 0 amide bonds. The molecular formula is C11H19N3O. The number of anilines is 1. The summed E-state index contributed by atoms with van der Waals surface area (Å²) < 4.78 is 5.71. The van der Waals surface area contributed by atoms with Crippen molar-refractivity contribution in [3.63, 3.8) is 0 Å². The van der Waals surface area contributed by atoms with E-state index in [4.69, 9.17) is 4.74 Å². The van der Waals surface area contributed by atoms with Crippen LogP contribution in [0.2, 0.25) is 0 Å². The Morgan fingerprint density at radius 3 is 2.47 bits per heavy atom. The van der Waals surface area contributed by atoms with Gasteiger partial charge in [-0.3, -0.25) is 0 Å². The maximum absolute atomic E-state index is 5.71. The number of rotatable bonds is 4. The fourth-order valence-corrected chi connectivity index (χ4v) is 1.06. The van der Waals surface area contributed by atoms with Crippen molar-refractivity contribution >= 4 is 5.82 Å². The van der Waals surface area contributed by atoms with Gasteiger partial charge in [-0.15, -0.1) is 0 Å². The van der Waals surface area contributed by atoms with Gasteiger partial charge >= 0.3 is 0 Å². The van der Waals surface area contributed by atoms with Crippen molar-refractivity contribution < 1.29 is 4.74 Å². The van der Waals surface area contributed by atoms with Crippen molar-refractivity contribution in [1.82, 2.24) is 9.97 Å². The Morgan fingerprint density at radius 1 is 1.27 bits per heavy atom. The molecule has 0 aliphatic rings. The molecule has 0 saturated heterocycles. The van der Waals surface area contributed by atoms with E-state index < -0.39 is 0 Å². The fourth-order valence-electron chi connectivity index (χ4n) is 1.06. The van der Waals surface area contributed by atoms with E-state index in [1.165, 1.54) is 0 Å². The first-order valence-electron chi connectivity index (χ1n) is 5.23. The van der Waals surface area contributed by atoms with E-state index in [1.54, 1.807) is 0 Å². The largest absolute Gasteiger partial charge is 0.474 e. The molecule has 1 rings (SSSR count). The van der Waals surface area contributed by atoms with Crippen LogP contribution in [0.15, 0.2) is 6.07 Å². The Balaban J connectivity index is 2.80. The number of hydrogen-bond acceptors (Lipinski definition) is 4. The number of nitrogens with one attached hydrogen (secondary N) is 1. The van der Waals surface area contributed by atoms with E-state index in [2.05, 4.69) is 29.1 Å². The highest BCUT2D eigenvalue weighted by atomic mass is 16.5. The molecular weight excluding hydrogens is 190 g/mol. The van der Waals surface area contributed by atoms with Crippen LogP contribution < -0.4 is 10.1 Å². The average molecular weight is 209 g/mol. The first kappa shape index (κ1) is 11.8. The summed E-state index contributed by atoms with van der Waals surface area (Å²) in [5.74, 6) is 2.60. The van der Waals surface area contributed by atoms with Crippen molar-refractivity contribution in [3.8, 4) is 5.88 Å². The van der Waals surface area contributed by atoms with E-state index >= 15 is 0 Å². The summed E-state index contributed by atoms with van der Waals surface area (Å²) in [5.41, 5.74) is 0. The van der Waals surface area contributed by atoms with Gasteiger partial charge in [0.1, 0.15) is 11.6 Å². The normalized spacial score (nSPS) is 12.7. The van der Waals surface area contributed by atoms with Gasteiger partial charge in [-0.05, 0) is 19.8 Å². The van der Waals surface area contributed by atoms with Crippen LogP contribution in [0.3, 0.4) is 0 Å². The van der Waals surface area contributed by atoms with E-state index in [0.29, 0.717) is 17.6 Å². The second-order valence-corrected chi connectivity index (χ2v) is 3.96. The average Bonchev–Trinajstić information content (AvgIpc) is 2.16. The molecule has 1 atom stereocenters. The fraction of sp³-hybridized carbons (Fsp3) is 0.636. The SMILES string of the molecule is CNc1cc(OC(C)C(C)C)nc(C)n1. The third-order valence-electron chi connectivity index (χ3n) is 2.32. The lowest BCUT2D eigenvalue weighted by atomic mass is 10.1. The Labute approximate surface area is 91.1 Å². The smallest absolute Gasteiger partial charge is 0.218 e. The Kier molecular flexibility index (Phi) is 3.88. The molecule has 1 heterocycles. The van der Waals surface area contributed by atoms with Crippen molar-refractivity contribution in [3.05, 3.63) is 11.9 Å². The van der Waals surface area contributed by atoms with Crippen LogP contribution in [0.1, 0.15) is 26.6 Å². The minimum absolute atomic E-state index is 0.156. The summed E-state index contributed by atoms with van der Waals surface area (Å²) in [6.07, 6.45) is 0.156. The zero-order chi connectivity index (χ0) is 11.4.